The van der Waals surface area contributed by atoms with Crippen LogP contribution in [0.3, 0.4) is 0 Å². The first-order valence-electron chi connectivity index (χ1n) is 4.46. The number of anilines is 1. The van der Waals surface area contributed by atoms with Gasteiger partial charge in [0.2, 0.25) is 0 Å². The third-order valence-corrected chi connectivity index (χ3v) is 2.13. The van der Waals surface area contributed by atoms with Gasteiger partial charge in [0.15, 0.2) is 0 Å². The van der Waals surface area contributed by atoms with Crippen LogP contribution in [0.15, 0.2) is 24.5 Å². The third kappa shape index (κ3) is 1.35. The van der Waals surface area contributed by atoms with Gasteiger partial charge in [-0.1, -0.05) is 0 Å². The van der Waals surface area contributed by atoms with Crippen molar-refractivity contribution in [3.05, 3.63) is 30.2 Å². The van der Waals surface area contributed by atoms with Gasteiger partial charge in [-0.3, -0.25) is 10.1 Å². The first kappa shape index (κ1) is 8.74. The second-order valence-electron chi connectivity index (χ2n) is 3.06. The molecule has 2 rings (SSSR count). The summed E-state index contributed by atoms with van der Waals surface area (Å²) in [6, 6.07) is 3.89. The molecule has 4 heteroatoms. The van der Waals surface area contributed by atoms with Crippen molar-refractivity contribution in [2.75, 3.05) is 12.4 Å². The molecule has 0 amide bonds. The van der Waals surface area contributed by atoms with Crippen molar-refractivity contribution >= 4 is 5.69 Å². The quantitative estimate of drug-likeness (QED) is 0.755. The molecule has 0 fully saturated rings. The molecule has 0 saturated heterocycles. The Kier molecular flexibility index (Phi) is 2.18. The maximum atomic E-state index is 4.23. The fraction of sp³-hybridized carbons (Fsp3) is 0.200. The van der Waals surface area contributed by atoms with E-state index in [9.17, 15) is 0 Å². The van der Waals surface area contributed by atoms with Crippen LogP contribution < -0.4 is 5.32 Å². The second kappa shape index (κ2) is 3.49. The molecule has 0 atom stereocenters. The fourth-order valence-electron chi connectivity index (χ4n) is 1.45. The van der Waals surface area contributed by atoms with Crippen molar-refractivity contribution in [3.63, 3.8) is 0 Å². The van der Waals surface area contributed by atoms with Crippen molar-refractivity contribution in [3.8, 4) is 11.3 Å². The summed E-state index contributed by atoms with van der Waals surface area (Å²) < 4.78 is 0. The number of aromatic nitrogens is 3. The lowest BCUT2D eigenvalue weighted by molar-refractivity contribution is 1.05. The van der Waals surface area contributed by atoms with Crippen molar-refractivity contribution in [1.82, 2.24) is 15.2 Å². The average molecular weight is 188 g/mol. The lowest BCUT2D eigenvalue weighted by atomic mass is 10.2. The van der Waals surface area contributed by atoms with Crippen LogP contribution in [0, 0.1) is 6.92 Å². The minimum atomic E-state index is 0.915. The highest BCUT2D eigenvalue weighted by atomic mass is 15.1. The SMILES string of the molecule is CNc1c(-c2cccnc2)n[nH]c1C. The fourth-order valence-corrected chi connectivity index (χ4v) is 1.45. The summed E-state index contributed by atoms with van der Waals surface area (Å²) in [5.74, 6) is 0. The summed E-state index contributed by atoms with van der Waals surface area (Å²) in [5, 5.41) is 10.3. The van der Waals surface area contributed by atoms with E-state index in [0.717, 1.165) is 22.6 Å². The molecule has 0 saturated carbocycles. The maximum absolute atomic E-state index is 4.23. The highest BCUT2D eigenvalue weighted by Crippen LogP contribution is 2.26. The molecule has 2 N–H and O–H groups in total. The Morgan fingerprint density at radius 1 is 1.43 bits per heavy atom. The van der Waals surface area contributed by atoms with Gasteiger partial charge in [0.05, 0.1) is 11.4 Å². The third-order valence-electron chi connectivity index (χ3n) is 2.13. The van der Waals surface area contributed by atoms with E-state index in [0.29, 0.717) is 0 Å². The van der Waals surface area contributed by atoms with Crippen LogP contribution in [0.4, 0.5) is 5.69 Å². The molecule has 0 unspecified atom stereocenters. The predicted octanol–water partition coefficient (Wildman–Crippen LogP) is 1.82. The van der Waals surface area contributed by atoms with E-state index in [-0.39, 0.29) is 0 Å². The smallest absolute Gasteiger partial charge is 0.117 e. The Balaban J connectivity index is 2.52. The van der Waals surface area contributed by atoms with E-state index in [1.165, 1.54) is 0 Å². The number of H-pyrrole nitrogens is 1. The number of hydrogen-bond donors (Lipinski definition) is 2. The molecule has 72 valence electrons. The maximum Gasteiger partial charge on any atom is 0.117 e. The summed E-state index contributed by atoms with van der Waals surface area (Å²) in [6.45, 7) is 1.98. The van der Waals surface area contributed by atoms with Gasteiger partial charge < -0.3 is 5.32 Å². The van der Waals surface area contributed by atoms with E-state index in [4.69, 9.17) is 0 Å². The zero-order valence-electron chi connectivity index (χ0n) is 8.20. The van der Waals surface area contributed by atoms with Crippen LogP contribution in [0.2, 0.25) is 0 Å². The van der Waals surface area contributed by atoms with Crippen molar-refractivity contribution in [2.24, 2.45) is 0 Å². The minimum Gasteiger partial charge on any atom is -0.385 e. The Morgan fingerprint density at radius 2 is 2.29 bits per heavy atom. The molecule has 2 aromatic heterocycles. The number of hydrogen-bond acceptors (Lipinski definition) is 3. The van der Waals surface area contributed by atoms with E-state index >= 15 is 0 Å². The molecule has 14 heavy (non-hydrogen) atoms. The Labute approximate surface area is 82.4 Å². The van der Waals surface area contributed by atoms with Gasteiger partial charge in [0.25, 0.3) is 0 Å². The van der Waals surface area contributed by atoms with Crippen LogP contribution in [0.25, 0.3) is 11.3 Å². The molecule has 0 bridgehead atoms. The summed E-state index contributed by atoms with van der Waals surface area (Å²) in [5.41, 5.74) is 3.99. The van der Waals surface area contributed by atoms with E-state index in [1.807, 2.05) is 26.1 Å². The number of pyridine rings is 1. The molecule has 0 aliphatic rings. The topological polar surface area (TPSA) is 53.6 Å². The summed E-state index contributed by atoms with van der Waals surface area (Å²) in [4.78, 5) is 4.06. The Morgan fingerprint density at radius 3 is 2.93 bits per heavy atom. The average Bonchev–Trinajstić information content (AvgIpc) is 2.61. The number of aromatic amines is 1. The van der Waals surface area contributed by atoms with Gasteiger partial charge in [0.1, 0.15) is 5.69 Å². The summed E-state index contributed by atoms with van der Waals surface area (Å²) >= 11 is 0. The van der Waals surface area contributed by atoms with E-state index in [1.54, 1.807) is 12.4 Å². The lowest BCUT2D eigenvalue weighted by Crippen LogP contribution is -1.91. The van der Waals surface area contributed by atoms with Gasteiger partial charge in [-0.05, 0) is 19.1 Å². The first-order chi connectivity index (χ1) is 6.83. The van der Waals surface area contributed by atoms with Crippen molar-refractivity contribution in [2.45, 2.75) is 6.92 Å². The zero-order valence-corrected chi connectivity index (χ0v) is 8.20. The van der Waals surface area contributed by atoms with E-state index < -0.39 is 0 Å². The monoisotopic (exact) mass is 188 g/mol. The van der Waals surface area contributed by atoms with Gasteiger partial charge in [0, 0.05) is 25.0 Å². The molecular weight excluding hydrogens is 176 g/mol. The second-order valence-corrected chi connectivity index (χ2v) is 3.06. The molecule has 0 aliphatic carbocycles. The largest absolute Gasteiger partial charge is 0.385 e. The zero-order chi connectivity index (χ0) is 9.97. The highest BCUT2D eigenvalue weighted by molar-refractivity contribution is 5.75. The van der Waals surface area contributed by atoms with Gasteiger partial charge >= 0.3 is 0 Å². The van der Waals surface area contributed by atoms with Crippen molar-refractivity contribution < 1.29 is 0 Å². The summed E-state index contributed by atoms with van der Waals surface area (Å²) in [7, 11) is 1.89. The number of rotatable bonds is 2. The normalized spacial score (nSPS) is 10.1. The van der Waals surface area contributed by atoms with Gasteiger partial charge in [-0.15, -0.1) is 0 Å². The summed E-state index contributed by atoms with van der Waals surface area (Å²) in [6.07, 6.45) is 3.55. The Bertz CT molecular complexity index is 419. The number of nitrogens with one attached hydrogen (secondary N) is 2. The van der Waals surface area contributed by atoms with E-state index in [2.05, 4.69) is 20.5 Å². The van der Waals surface area contributed by atoms with Crippen LogP contribution in [0.1, 0.15) is 5.69 Å². The minimum absolute atomic E-state index is 0.915. The predicted molar refractivity (Wildman–Crippen MR) is 56.1 cm³/mol. The first-order valence-corrected chi connectivity index (χ1v) is 4.46. The molecule has 2 heterocycles. The van der Waals surface area contributed by atoms with Crippen LogP contribution in [-0.4, -0.2) is 22.2 Å². The highest BCUT2D eigenvalue weighted by Gasteiger charge is 2.09. The Hall–Kier alpha value is -1.84. The standard InChI is InChI=1S/C10H12N4/c1-7-9(11-2)10(14-13-7)8-4-3-5-12-6-8/h3-6,11H,1-2H3,(H,13,14). The van der Waals surface area contributed by atoms with Crippen LogP contribution >= 0.6 is 0 Å². The molecule has 2 aromatic rings. The molecular formula is C10H12N4. The molecule has 0 radical (unpaired) electrons. The van der Waals surface area contributed by atoms with Crippen LogP contribution in [0.5, 0.6) is 0 Å². The molecule has 0 aliphatic heterocycles. The van der Waals surface area contributed by atoms with Gasteiger partial charge in [-0.25, -0.2) is 0 Å². The number of nitrogens with zero attached hydrogens (tertiary/aromatic N) is 2. The van der Waals surface area contributed by atoms with Crippen LogP contribution in [-0.2, 0) is 0 Å². The lowest BCUT2D eigenvalue weighted by Gasteiger charge is -2.01. The number of aryl methyl sites for hydroxylation is 1. The van der Waals surface area contributed by atoms with Crippen molar-refractivity contribution in [1.29, 1.82) is 0 Å². The molecule has 0 aromatic carbocycles. The molecule has 0 spiro atoms. The molecule has 4 nitrogen and oxygen atoms in total. The van der Waals surface area contributed by atoms with Gasteiger partial charge in [-0.2, -0.15) is 5.10 Å².